The van der Waals surface area contributed by atoms with Gasteiger partial charge in [-0.25, -0.2) is 0 Å². The Hall–Kier alpha value is -1.58. The number of unbranched alkanes of at least 4 members (excludes halogenated alkanes) is 14. The zero-order valence-electron chi connectivity index (χ0n) is 32.4. The molecule has 0 aromatic carbocycles. The van der Waals surface area contributed by atoms with Gasteiger partial charge < -0.3 is 34.0 Å². The Kier molecular flexibility index (Phi) is 31.1. The van der Waals surface area contributed by atoms with E-state index >= 15 is 0 Å². The molecule has 0 aliphatic carbocycles. The third-order valence-electron chi connectivity index (χ3n) is 8.40. The Morgan fingerprint density at radius 2 is 1.40 bits per heavy atom. The molecule has 4 atom stereocenters. The molecule has 0 fully saturated rings. The van der Waals surface area contributed by atoms with Crippen LogP contribution in [0.3, 0.4) is 0 Å². The highest BCUT2D eigenvalue weighted by Crippen LogP contribution is 2.38. The Balaban J connectivity index is 4.62. The molecule has 0 aliphatic rings. The number of aliphatic hydroxyl groups excluding tert-OH is 2. The first-order valence-corrected chi connectivity index (χ1v) is 21.1. The molecule has 3 N–H and O–H groups in total. The molecule has 0 aromatic rings. The van der Waals surface area contributed by atoms with Gasteiger partial charge >= 0.3 is 0 Å². The third kappa shape index (κ3) is 33.6. The van der Waals surface area contributed by atoms with E-state index in [1.807, 2.05) is 45.4 Å². The summed E-state index contributed by atoms with van der Waals surface area (Å²) in [5.41, 5.74) is 0. The molecule has 50 heavy (non-hydrogen) atoms. The first-order valence-electron chi connectivity index (χ1n) is 19.6. The van der Waals surface area contributed by atoms with E-state index in [1.54, 1.807) is 6.08 Å². The van der Waals surface area contributed by atoms with Gasteiger partial charge in [0, 0.05) is 6.42 Å². The summed E-state index contributed by atoms with van der Waals surface area (Å²) in [7, 11) is 1.19. The van der Waals surface area contributed by atoms with Gasteiger partial charge in [0.15, 0.2) is 0 Å². The van der Waals surface area contributed by atoms with E-state index in [2.05, 4.69) is 37.4 Å². The second kappa shape index (κ2) is 32.1. The Morgan fingerprint density at radius 3 is 2.04 bits per heavy atom. The fourth-order valence-corrected chi connectivity index (χ4v) is 5.94. The van der Waals surface area contributed by atoms with Crippen LogP contribution in [0.5, 0.6) is 0 Å². The standard InChI is InChI=1S/C40H75N2O7P/c1-6-8-10-12-14-15-16-17-18-20-24-28-32-39(44)38(36-49-50(46,47)48-35-34-42(3,4)5)41-40(45)33-29-25-21-23-27-31-37(43)30-26-22-19-13-11-9-7-2/h9,11,19,22,26,28,30,32,37-39,43-44H,6-8,10,12-18,20-21,23-25,27,29,31,33-36H2,1-5H3,(H-,41,45,46,47)/b11-9+,22-19+,30-26+,32-28+/t37?,38-,39+/m0/s1. The average molecular weight is 727 g/mol. The zero-order valence-corrected chi connectivity index (χ0v) is 33.3. The topological polar surface area (TPSA) is 128 Å². The lowest BCUT2D eigenvalue weighted by Crippen LogP contribution is -2.45. The van der Waals surface area contributed by atoms with E-state index in [0.717, 1.165) is 57.8 Å². The molecule has 9 nitrogen and oxygen atoms in total. The normalized spacial score (nSPS) is 15.8. The largest absolute Gasteiger partial charge is 0.756 e. The molecule has 10 heteroatoms. The van der Waals surface area contributed by atoms with Gasteiger partial charge in [0.05, 0.1) is 46.0 Å². The van der Waals surface area contributed by atoms with Crippen LogP contribution in [-0.4, -0.2) is 79.8 Å². The molecule has 292 valence electrons. The molecular weight excluding hydrogens is 651 g/mol. The zero-order chi connectivity index (χ0) is 37.4. The van der Waals surface area contributed by atoms with Crippen LogP contribution >= 0.6 is 7.82 Å². The van der Waals surface area contributed by atoms with Crippen LogP contribution in [0.4, 0.5) is 0 Å². The second-order valence-electron chi connectivity index (χ2n) is 14.5. The molecule has 0 rings (SSSR count). The maximum Gasteiger partial charge on any atom is 0.268 e. The first-order chi connectivity index (χ1) is 23.9. The summed E-state index contributed by atoms with van der Waals surface area (Å²) in [6, 6.07) is -0.923. The number of nitrogens with zero attached hydrogens (tertiary/aromatic N) is 1. The summed E-state index contributed by atoms with van der Waals surface area (Å²) in [4.78, 5) is 25.2. The van der Waals surface area contributed by atoms with Crippen molar-refractivity contribution >= 4 is 13.7 Å². The number of nitrogens with one attached hydrogen (secondary N) is 1. The molecule has 0 spiro atoms. The van der Waals surface area contributed by atoms with E-state index in [-0.39, 0.29) is 18.9 Å². The number of carbonyl (C=O) groups is 1. The second-order valence-corrected chi connectivity index (χ2v) is 15.9. The smallest absolute Gasteiger partial charge is 0.268 e. The van der Waals surface area contributed by atoms with Gasteiger partial charge in [-0.05, 0) is 38.5 Å². The highest BCUT2D eigenvalue weighted by atomic mass is 31.2. The van der Waals surface area contributed by atoms with Gasteiger partial charge in [-0.2, -0.15) is 0 Å². The van der Waals surface area contributed by atoms with Gasteiger partial charge in [-0.3, -0.25) is 9.36 Å². The molecule has 0 bridgehead atoms. The first kappa shape index (κ1) is 48.4. The van der Waals surface area contributed by atoms with Crippen molar-refractivity contribution in [1.29, 1.82) is 0 Å². The predicted octanol–water partition coefficient (Wildman–Crippen LogP) is 8.47. The summed E-state index contributed by atoms with van der Waals surface area (Å²) in [6.45, 7) is 4.39. The van der Waals surface area contributed by atoms with Crippen LogP contribution in [0.15, 0.2) is 48.6 Å². The molecule has 0 heterocycles. The number of phosphoric acid groups is 1. The predicted molar refractivity (Wildman–Crippen MR) is 207 cm³/mol. The van der Waals surface area contributed by atoms with Gasteiger partial charge in [-0.15, -0.1) is 0 Å². The summed E-state index contributed by atoms with van der Waals surface area (Å²) < 4.78 is 23.1. The lowest BCUT2D eigenvalue weighted by Gasteiger charge is -2.29. The van der Waals surface area contributed by atoms with Crippen LogP contribution in [0.1, 0.15) is 142 Å². The molecule has 1 amide bonds. The number of quaternary nitrogens is 1. The number of amides is 1. The Bertz CT molecular complexity index is 977. The van der Waals surface area contributed by atoms with E-state index in [1.165, 1.54) is 51.4 Å². The van der Waals surface area contributed by atoms with Crippen molar-refractivity contribution in [3.8, 4) is 0 Å². The number of aliphatic hydroxyl groups is 2. The number of carbonyl (C=O) groups excluding carboxylic acids is 1. The van der Waals surface area contributed by atoms with Crippen LogP contribution in [0, 0.1) is 0 Å². The van der Waals surface area contributed by atoms with Crippen molar-refractivity contribution in [2.24, 2.45) is 0 Å². The molecular formula is C40H75N2O7P. The van der Waals surface area contributed by atoms with Crippen molar-refractivity contribution in [2.75, 3.05) is 40.9 Å². The number of hydrogen-bond donors (Lipinski definition) is 3. The minimum absolute atomic E-state index is 0.0210. The molecule has 0 aliphatic heterocycles. The summed E-state index contributed by atoms with van der Waals surface area (Å²) in [5, 5.41) is 23.8. The molecule has 0 aromatic heterocycles. The van der Waals surface area contributed by atoms with Crippen LogP contribution in [-0.2, 0) is 18.4 Å². The van der Waals surface area contributed by atoms with Crippen molar-refractivity contribution in [1.82, 2.24) is 5.32 Å². The van der Waals surface area contributed by atoms with E-state index in [0.29, 0.717) is 23.9 Å². The van der Waals surface area contributed by atoms with Gasteiger partial charge in [0.2, 0.25) is 5.91 Å². The van der Waals surface area contributed by atoms with Crippen LogP contribution in [0.2, 0.25) is 0 Å². The summed E-state index contributed by atoms with van der Waals surface area (Å²) in [6.07, 6.45) is 34.5. The molecule has 2 unspecified atom stereocenters. The maximum atomic E-state index is 12.8. The van der Waals surface area contributed by atoms with E-state index < -0.39 is 32.7 Å². The Morgan fingerprint density at radius 1 is 0.780 bits per heavy atom. The Labute approximate surface area is 306 Å². The summed E-state index contributed by atoms with van der Waals surface area (Å²) >= 11 is 0. The molecule has 0 radical (unpaired) electrons. The minimum Gasteiger partial charge on any atom is -0.756 e. The van der Waals surface area contributed by atoms with Crippen LogP contribution < -0.4 is 10.2 Å². The molecule has 0 saturated carbocycles. The van der Waals surface area contributed by atoms with Gasteiger partial charge in [0.1, 0.15) is 13.2 Å². The monoisotopic (exact) mass is 727 g/mol. The number of allylic oxidation sites excluding steroid dienone is 6. The number of likely N-dealkylation sites (N-methyl/N-ethyl adjacent to an activating group) is 1. The number of rotatable bonds is 34. The third-order valence-corrected chi connectivity index (χ3v) is 9.36. The SMILES string of the molecule is CC/C=C/C/C=C/C=C/C(O)CCCCCCCC(=O)N[C@@H](COP(=O)([O-])OCC[N+](C)(C)C)[C@H](O)/C=C/CCCCCCCCCCCC. The maximum absolute atomic E-state index is 12.8. The van der Waals surface area contributed by atoms with E-state index in [9.17, 15) is 24.5 Å². The van der Waals surface area contributed by atoms with Gasteiger partial charge in [0.25, 0.3) is 7.82 Å². The lowest BCUT2D eigenvalue weighted by molar-refractivity contribution is -0.870. The lowest BCUT2D eigenvalue weighted by atomic mass is 10.0. The highest BCUT2D eigenvalue weighted by Gasteiger charge is 2.23. The number of phosphoric ester groups is 1. The number of hydrogen-bond acceptors (Lipinski definition) is 7. The molecule has 0 saturated heterocycles. The fraction of sp³-hybridized carbons (Fsp3) is 0.775. The van der Waals surface area contributed by atoms with Crippen molar-refractivity contribution in [3.05, 3.63) is 48.6 Å². The van der Waals surface area contributed by atoms with Crippen molar-refractivity contribution < 1.29 is 38.0 Å². The van der Waals surface area contributed by atoms with Crippen molar-refractivity contribution in [3.63, 3.8) is 0 Å². The van der Waals surface area contributed by atoms with E-state index in [4.69, 9.17) is 9.05 Å². The summed E-state index contributed by atoms with van der Waals surface area (Å²) in [5.74, 6) is -0.258. The quantitative estimate of drug-likeness (QED) is 0.0200. The highest BCUT2D eigenvalue weighted by molar-refractivity contribution is 7.45. The minimum atomic E-state index is -4.61. The van der Waals surface area contributed by atoms with Gasteiger partial charge in [-0.1, -0.05) is 146 Å². The van der Waals surface area contributed by atoms with Crippen molar-refractivity contribution in [2.45, 2.75) is 161 Å². The van der Waals surface area contributed by atoms with Crippen LogP contribution in [0.25, 0.3) is 0 Å². The fourth-order valence-electron chi connectivity index (χ4n) is 5.22. The average Bonchev–Trinajstić information content (AvgIpc) is 3.05.